The van der Waals surface area contributed by atoms with Crippen LogP contribution in [0.2, 0.25) is 0 Å². The van der Waals surface area contributed by atoms with E-state index in [0.717, 1.165) is 0 Å². The number of urea groups is 1. The van der Waals surface area contributed by atoms with Crippen LogP contribution in [0.3, 0.4) is 0 Å². The van der Waals surface area contributed by atoms with Crippen LogP contribution in [0.25, 0.3) is 0 Å². The van der Waals surface area contributed by atoms with E-state index in [1.165, 1.54) is 21.3 Å². The van der Waals surface area contributed by atoms with Crippen LogP contribution in [0.4, 0.5) is 10.5 Å². The number of hydrogen-bond donors (Lipinski definition) is 2. The molecule has 1 heterocycles. The van der Waals surface area contributed by atoms with Gasteiger partial charge in [-0.15, -0.1) is 0 Å². The number of benzene rings is 1. The van der Waals surface area contributed by atoms with Crippen LogP contribution < -0.4 is 25.0 Å². The first kappa shape index (κ1) is 19.8. The average Bonchev–Trinajstić information content (AvgIpc) is 3.01. The number of anilines is 1. The summed E-state index contributed by atoms with van der Waals surface area (Å²) in [4.78, 5) is 25.9. The third-order valence-electron chi connectivity index (χ3n) is 4.09. The van der Waals surface area contributed by atoms with Crippen LogP contribution in [-0.2, 0) is 14.3 Å². The van der Waals surface area contributed by atoms with E-state index < -0.39 is 6.29 Å². The second-order valence-corrected chi connectivity index (χ2v) is 5.70. The number of amides is 3. The monoisotopic (exact) mass is 367 g/mol. The van der Waals surface area contributed by atoms with Crippen molar-refractivity contribution in [2.24, 2.45) is 0 Å². The van der Waals surface area contributed by atoms with Gasteiger partial charge in [-0.05, 0) is 12.1 Å². The lowest BCUT2D eigenvalue weighted by atomic mass is 10.2. The Bertz CT molecular complexity index is 635. The van der Waals surface area contributed by atoms with Crippen LogP contribution >= 0.6 is 0 Å². The molecule has 0 saturated carbocycles. The zero-order chi connectivity index (χ0) is 19.1. The van der Waals surface area contributed by atoms with Gasteiger partial charge in [-0.2, -0.15) is 0 Å². The maximum atomic E-state index is 12.3. The van der Waals surface area contributed by atoms with Crippen molar-refractivity contribution in [3.8, 4) is 11.5 Å². The molecule has 2 rings (SSSR count). The summed E-state index contributed by atoms with van der Waals surface area (Å²) in [6, 6.07) is 4.59. The van der Waals surface area contributed by atoms with E-state index in [1.807, 2.05) is 0 Å². The summed E-state index contributed by atoms with van der Waals surface area (Å²) in [6.07, 6.45) is -0.297. The Labute approximate surface area is 152 Å². The standard InChI is InChI=1S/C17H25N3O6/c1-23-13-6-5-12(8-14(13)24-2)20-10-11(7-15(20)21)19-17(22)18-9-16(25-3)26-4/h5-6,8,11,16H,7,9-10H2,1-4H3,(H2,18,19,22)/t11-/m1/s1. The minimum Gasteiger partial charge on any atom is -0.493 e. The van der Waals surface area contributed by atoms with Gasteiger partial charge in [0.25, 0.3) is 0 Å². The third-order valence-corrected chi connectivity index (χ3v) is 4.09. The van der Waals surface area contributed by atoms with Crippen molar-refractivity contribution in [1.82, 2.24) is 10.6 Å². The van der Waals surface area contributed by atoms with Gasteiger partial charge in [-0.25, -0.2) is 4.79 Å². The van der Waals surface area contributed by atoms with Crippen LogP contribution in [0.5, 0.6) is 11.5 Å². The van der Waals surface area contributed by atoms with Gasteiger partial charge in [0.05, 0.1) is 26.8 Å². The van der Waals surface area contributed by atoms with Crippen LogP contribution in [0.15, 0.2) is 18.2 Å². The van der Waals surface area contributed by atoms with E-state index in [0.29, 0.717) is 23.7 Å². The summed E-state index contributed by atoms with van der Waals surface area (Å²) in [6.45, 7) is 0.582. The van der Waals surface area contributed by atoms with Crippen molar-refractivity contribution in [3.63, 3.8) is 0 Å². The molecule has 1 aliphatic rings. The molecule has 0 aliphatic carbocycles. The molecule has 9 heteroatoms. The zero-order valence-corrected chi connectivity index (χ0v) is 15.4. The van der Waals surface area contributed by atoms with Crippen molar-refractivity contribution in [1.29, 1.82) is 0 Å². The molecule has 0 radical (unpaired) electrons. The molecule has 1 aromatic carbocycles. The number of rotatable bonds is 8. The molecular weight excluding hydrogens is 342 g/mol. The van der Waals surface area contributed by atoms with Gasteiger partial charge in [0, 0.05) is 38.9 Å². The van der Waals surface area contributed by atoms with Gasteiger partial charge >= 0.3 is 6.03 Å². The molecule has 1 atom stereocenters. The van der Waals surface area contributed by atoms with Gasteiger partial charge in [0.1, 0.15) is 0 Å². The topological polar surface area (TPSA) is 98.4 Å². The summed E-state index contributed by atoms with van der Waals surface area (Å²) in [7, 11) is 6.07. The highest BCUT2D eigenvalue weighted by atomic mass is 16.7. The Morgan fingerprint density at radius 2 is 1.88 bits per heavy atom. The first-order chi connectivity index (χ1) is 12.5. The summed E-state index contributed by atoms with van der Waals surface area (Å²) in [5, 5.41) is 5.43. The van der Waals surface area contributed by atoms with Gasteiger partial charge in [-0.1, -0.05) is 0 Å². The van der Waals surface area contributed by atoms with Crippen molar-refractivity contribution in [2.75, 3.05) is 46.4 Å². The molecule has 0 spiro atoms. The Hall–Kier alpha value is -2.52. The van der Waals surface area contributed by atoms with Crippen LogP contribution in [0, 0.1) is 0 Å². The molecule has 1 aliphatic heterocycles. The third kappa shape index (κ3) is 4.77. The summed E-state index contributed by atoms with van der Waals surface area (Å²) >= 11 is 0. The van der Waals surface area contributed by atoms with E-state index in [-0.39, 0.29) is 30.9 Å². The summed E-state index contributed by atoms with van der Waals surface area (Å²) in [5.74, 6) is 1.05. The number of methoxy groups -OCH3 is 4. The highest BCUT2D eigenvalue weighted by Gasteiger charge is 2.32. The van der Waals surface area contributed by atoms with Crippen molar-refractivity contribution < 1.29 is 28.5 Å². The Kier molecular flexibility index (Phi) is 7.05. The maximum Gasteiger partial charge on any atom is 0.315 e. The normalized spacial score (nSPS) is 16.7. The average molecular weight is 367 g/mol. The van der Waals surface area contributed by atoms with Crippen LogP contribution in [-0.4, -0.2) is 65.8 Å². The highest BCUT2D eigenvalue weighted by molar-refractivity contribution is 5.97. The highest BCUT2D eigenvalue weighted by Crippen LogP contribution is 2.33. The molecule has 3 amide bonds. The molecule has 9 nitrogen and oxygen atoms in total. The first-order valence-corrected chi connectivity index (χ1v) is 8.14. The van der Waals surface area contributed by atoms with Gasteiger partial charge in [0.2, 0.25) is 5.91 Å². The number of ether oxygens (including phenoxy) is 4. The molecule has 0 unspecified atom stereocenters. The number of carbonyl (C=O) groups is 2. The lowest BCUT2D eigenvalue weighted by Crippen LogP contribution is -2.46. The SMILES string of the molecule is COc1ccc(N2C[C@H](NC(=O)NCC(OC)OC)CC2=O)cc1OC. The molecule has 1 saturated heterocycles. The predicted octanol–water partition coefficient (Wildman–Crippen LogP) is 0.727. The quantitative estimate of drug-likeness (QED) is 0.657. The fourth-order valence-electron chi connectivity index (χ4n) is 2.72. The molecule has 26 heavy (non-hydrogen) atoms. The van der Waals surface area contributed by atoms with E-state index in [4.69, 9.17) is 18.9 Å². The van der Waals surface area contributed by atoms with Crippen molar-refractivity contribution in [3.05, 3.63) is 18.2 Å². The fraction of sp³-hybridized carbons (Fsp3) is 0.529. The zero-order valence-electron chi connectivity index (χ0n) is 15.4. The lowest BCUT2D eigenvalue weighted by molar-refractivity contribution is -0.117. The lowest BCUT2D eigenvalue weighted by Gasteiger charge is -2.19. The minimum absolute atomic E-state index is 0.0748. The Morgan fingerprint density at radius 1 is 1.19 bits per heavy atom. The van der Waals surface area contributed by atoms with Crippen molar-refractivity contribution >= 4 is 17.6 Å². The molecular formula is C17H25N3O6. The number of nitrogens with zero attached hydrogens (tertiary/aromatic N) is 1. The second-order valence-electron chi connectivity index (χ2n) is 5.70. The van der Waals surface area contributed by atoms with E-state index >= 15 is 0 Å². The molecule has 1 aromatic rings. The largest absolute Gasteiger partial charge is 0.493 e. The Morgan fingerprint density at radius 3 is 2.50 bits per heavy atom. The molecule has 0 aromatic heterocycles. The molecule has 1 fully saturated rings. The number of hydrogen-bond acceptors (Lipinski definition) is 6. The maximum absolute atomic E-state index is 12.3. The smallest absolute Gasteiger partial charge is 0.315 e. The Balaban J connectivity index is 1.95. The molecule has 0 bridgehead atoms. The van der Waals surface area contributed by atoms with Crippen molar-refractivity contribution in [2.45, 2.75) is 18.8 Å². The first-order valence-electron chi connectivity index (χ1n) is 8.14. The minimum atomic E-state index is -0.519. The molecule has 2 N–H and O–H groups in total. The van der Waals surface area contributed by atoms with E-state index in [9.17, 15) is 9.59 Å². The number of carbonyl (C=O) groups excluding carboxylic acids is 2. The summed E-state index contributed by atoms with van der Waals surface area (Å²) < 4.78 is 20.5. The summed E-state index contributed by atoms with van der Waals surface area (Å²) in [5.41, 5.74) is 0.691. The molecule has 144 valence electrons. The van der Waals surface area contributed by atoms with Gasteiger partial charge in [-0.3, -0.25) is 4.79 Å². The van der Waals surface area contributed by atoms with E-state index in [2.05, 4.69) is 10.6 Å². The predicted molar refractivity (Wildman–Crippen MR) is 94.6 cm³/mol. The fourth-order valence-corrected chi connectivity index (χ4v) is 2.72. The van der Waals surface area contributed by atoms with Gasteiger partial charge < -0.3 is 34.5 Å². The number of nitrogens with one attached hydrogen (secondary N) is 2. The second kappa shape index (κ2) is 9.25. The van der Waals surface area contributed by atoms with E-state index in [1.54, 1.807) is 30.2 Å². The van der Waals surface area contributed by atoms with Crippen LogP contribution in [0.1, 0.15) is 6.42 Å². The van der Waals surface area contributed by atoms with Gasteiger partial charge in [0.15, 0.2) is 17.8 Å².